The van der Waals surface area contributed by atoms with Gasteiger partial charge in [-0.25, -0.2) is 9.79 Å². The summed E-state index contributed by atoms with van der Waals surface area (Å²) in [7, 11) is 0. The lowest BCUT2D eigenvalue weighted by Gasteiger charge is -2.25. The number of hydrogen-bond donors (Lipinski definition) is 0. The maximum atomic E-state index is 14.4. The van der Waals surface area contributed by atoms with E-state index in [0.717, 1.165) is 41.1 Å². The van der Waals surface area contributed by atoms with Gasteiger partial charge in [0.05, 0.1) is 32.0 Å². The highest BCUT2D eigenvalue weighted by Crippen LogP contribution is 2.36. The molecule has 0 spiro atoms. The van der Waals surface area contributed by atoms with E-state index in [4.69, 9.17) is 14.5 Å². The Morgan fingerprint density at radius 2 is 1.67 bits per heavy atom. The molecule has 5 aromatic carbocycles. The van der Waals surface area contributed by atoms with Crippen LogP contribution >= 0.6 is 49.9 Å². The highest BCUT2D eigenvalue weighted by molar-refractivity contribution is 14.1. The lowest BCUT2D eigenvalue weighted by atomic mass is 9.93. The molecule has 6 nitrogen and oxygen atoms in total. The predicted octanol–water partition coefficient (Wildman–Crippen LogP) is 8.03. The second-order valence-electron chi connectivity index (χ2n) is 11.1. The Morgan fingerprint density at radius 1 is 0.958 bits per heavy atom. The summed E-state index contributed by atoms with van der Waals surface area (Å²) in [6.07, 6.45) is 1.85. The molecular formula is C39H28BrIN2O4S. The minimum absolute atomic E-state index is 0.194. The third-order valence-corrected chi connectivity index (χ3v) is 10.3. The van der Waals surface area contributed by atoms with Crippen molar-refractivity contribution in [2.45, 2.75) is 19.6 Å². The third kappa shape index (κ3) is 6.29. The first-order valence-electron chi connectivity index (χ1n) is 15.3. The smallest absolute Gasteiger partial charge is 0.338 e. The van der Waals surface area contributed by atoms with E-state index in [9.17, 15) is 9.59 Å². The van der Waals surface area contributed by atoms with Crippen LogP contribution in [0.25, 0.3) is 22.5 Å². The number of carbonyl (C=O) groups excluding carboxylic acids is 1. The van der Waals surface area contributed by atoms with Gasteiger partial charge < -0.3 is 9.47 Å². The van der Waals surface area contributed by atoms with E-state index < -0.39 is 12.0 Å². The first-order valence-corrected chi connectivity index (χ1v) is 18.0. The number of carbonyl (C=O) groups is 1. The molecule has 1 atom stereocenters. The molecule has 7 rings (SSSR count). The van der Waals surface area contributed by atoms with Crippen molar-refractivity contribution in [3.05, 3.63) is 171 Å². The second-order valence-corrected chi connectivity index (χ2v) is 14.2. The van der Waals surface area contributed by atoms with Gasteiger partial charge in [-0.1, -0.05) is 130 Å². The number of nitrogens with zero attached hydrogens (tertiary/aromatic N) is 2. The van der Waals surface area contributed by atoms with Crippen molar-refractivity contribution >= 4 is 78.4 Å². The molecule has 0 saturated carbocycles. The van der Waals surface area contributed by atoms with Crippen LogP contribution in [0.5, 0.6) is 5.75 Å². The number of esters is 1. The van der Waals surface area contributed by atoms with E-state index >= 15 is 0 Å². The molecule has 0 amide bonds. The Kier molecular flexibility index (Phi) is 9.43. The highest BCUT2D eigenvalue weighted by Gasteiger charge is 2.35. The molecule has 0 N–H and O–H groups in total. The summed E-state index contributed by atoms with van der Waals surface area (Å²) in [5, 5.41) is 2.28. The molecule has 2 heterocycles. The molecule has 1 aromatic heterocycles. The van der Waals surface area contributed by atoms with E-state index in [1.807, 2.05) is 97.1 Å². The van der Waals surface area contributed by atoms with Crippen molar-refractivity contribution in [1.82, 2.24) is 4.57 Å². The maximum Gasteiger partial charge on any atom is 0.338 e. The number of hydrogen-bond acceptors (Lipinski definition) is 6. The largest absolute Gasteiger partial charge is 0.487 e. The summed E-state index contributed by atoms with van der Waals surface area (Å²) in [5.41, 5.74) is 3.94. The fourth-order valence-corrected chi connectivity index (χ4v) is 8.64. The number of ether oxygens (including phenoxy) is 2. The molecule has 0 radical (unpaired) electrons. The minimum Gasteiger partial charge on any atom is -0.487 e. The summed E-state index contributed by atoms with van der Waals surface area (Å²) in [6.45, 7) is 2.32. The molecule has 0 aliphatic carbocycles. The van der Waals surface area contributed by atoms with Crippen LogP contribution < -0.4 is 19.6 Å². The van der Waals surface area contributed by atoms with Crippen molar-refractivity contribution < 1.29 is 14.3 Å². The molecule has 0 fully saturated rings. The number of fused-ring (bicyclic) bond motifs is 2. The highest BCUT2D eigenvalue weighted by atomic mass is 127. The Hall–Kier alpha value is -4.32. The average Bonchev–Trinajstić information content (AvgIpc) is 3.41. The molecule has 0 saturated heterocycles. The number of aromatic nitrogens is 1. The van der Waals surface area contributed by atoms with Crippen molar-refractivity contribution in [2.75, 3.05) is 6.61 Å². The van der Waals surface area contributed by atoms with Gasteiger partial charge in [0.1, 0.15) is 12.4 Å². The molecular weight excluding hydrogens is 799 g/mol. The molecule has 238 valence electrons. The van der Waals surface area contributed by atoms with E-state index in [1.165, 1.54) is 11.3 Å². The van der Waals surface area contributed by atoms with Crippen LogP contribution in [-0.2, 0) is 16.1 Å². The summed E-state index contributed by atoms with van der Waals surface area (Å²) < 4.78 is 15.9. The quantitative estimate of drug-likeness (QED) is 0.115. The van der Waals surface area contributed by atoms with Crippen LogP contribution in [0.15, 0.2) is 135 Å². The molecule has 0 unspecified atom stereocenters. The van der Waals surface area contributed by atoms with Crippen molar-refractivity contribution in [3.8, 4) is 5.75 Å². The molecule has 9 heteroatoms. The Balaban J connectivity index is 1.39. The van der Waals surface area contributed by atoms with Crippen LogP contribution in [0, 0.1) is 3.57 Å². The fraction of sp³-hybridized carbons (Fsp3) is 0.103. The van der Waals surface area contributed by atoms with Crippen LogP contribution in [0.2, 0.25) is 0 Å². The number of thiazole rings is 1. The standard InChI is InChI=1S/C39H28BrIN2O4S/c1-2-46-38(45)33-34(25-13-5-3-6-14-25)42-39-43(35(33)26-15-7-4-8-16-26)37(44)32(48-39)21-28-20-29(40)22-31(41)36(28)47-23-27-18-11-17-24-12-9-10-19-30(24)27/h3-22,35H,2,23H2,1H3/b32-21-/t35-/m0/s1. The van der Waals surface area contributed by atoms with Gasteiger partial charge in [-0.15, -0.1) is 0 Å². The first kappa shape index (κ1) is 32.2. The zero-order chi connectivity index (χ0) is 33.2. The van der Waals surface area contributed by atoms with Crippen molar-refractivity contribution in [2.24, 2.45) is 4.99 Å². The normalized spacial score (nSPS) is 14.5. The lowest BCUT2D eigenvalue weighted by Crippen LogP contribution is -2.40. The Morgan fingerprint density at radius 3 is 2.44 bits per heavy atom. The Labute approximate surface area is 303 Å². The van der Waals surface area contributed by atoms with E-state index in [1.54, 1.807) is 11.5 Å². The van der Waals surface area contributed by atoms with Gasteiger partial charge in [-0.3, -0.25) is 9.36 Å². The van der Waals surface area contributed by atoms with E-state index in [-0.39, 0.29) is 12.2 Å². The van der Waals surface area contributed by atoms with Gasteiger partial charge >= 0.3 is 5.97 Å². The van der Waals surface area contributed by atoms with E-state index in [0.29, 0.717) is 33.0 Å². The van der Waals surface area contributed by atoms with Crippen LogP contribution in [0.4, 0.5) is 0 Å². The average molecular weight is 828 g/mol. The van der Waals surface area contributed by atoms with Gasteiger partial charge in [0.15, 0.2) is 4.80 Å². The van der Waals surface area contributed by atoms with E-state index in [2.05, 4.69) is 62.8 Å². The van der Waals surface area contributed by atoms with Crippen LogP contribution in [0.3, 0.4) is 0 Å². The topological polar surface area (TPSA) is 69.9 Å². The zero-order valence-corrected chi connectivity index (χ0v) is 30.3. The van der Waals surface area contributed by atoms with Gasteiger partial charge in [0.2, 0.25) is 0 Å². The summed E-state index contributed by atoms with van der Waals surface area (Å²) in [5.74, 6) is 0.170. The number of halogens is 2. The fourth-order valence-electron chi connectivity index (χ4n) is 5.94. The summed E-state index contributed by atoms with van der Waals surface area (Å²) >= 11 is 7.19. The second kappa shape index (κ2) is 14.0. The Bertz CT molecular complexity index is 2380. The van der Waals surface area contributed by atoms with Gasteiger partial charge in [-0.05, 0) is 69.6 Å². The van der Waals surface area contributed by atoms with Gasteiger partial charge in [0, 0.05) is 15.6 Å². The lowest BCUT2D eigenvalue weighted by molar-refractivity contribution is -0.138. The van der Waals surface area contributed by atoms with Gasteiger partial charge in [0.25, 0.3) is 5.56 Å². The van der Waals surface area contributed by atoms with Crippen LogP contribution in [-0.4, -0.2) is 17.1 Å². The zero-order valence-electron chi connectivity index (χ0n) is 25.7. The molecule has 0 bridgehead atoms. The molecule has 48 heavy (non-hydrogen) atoms. The summed E-state index contributed by atoms with van der Waals surface area (Å²) in [6, 6.07) is 36.8. The molecule has 6 aromatic rings. The predicted molar refractivity (Wildman–Crippen MR) is 203 cm³/mol. The monoisotopic (exact) mass is 826 g/mol. The first-order chi connectivity index (χ1) is 23.4. The third-order valence-electron chi connectivity index (χ3n) is 8.06. The van der Waals surface area contributed by atoms with Crippen molar-refractivity contribution in [1.29, 1.82) is 0 Å². The molecule has 1 aliphatic rings. The summed E-state index contributed by atoms with van der Waals surface area (Å²) in [4.78, 5) is 33.6. The molecule has 1 aliphatic heterocycles. The van der Waals surface area contributed by atoms with Crippen molar-refractivity contribution in [3.63, 3.8) is 0 Å². The maximum absolute atomic E-state index is 14.4. The number of benzene rings is 5. The minimum atomic E-state index is -0.733. The number of rotatable bonds is 8. The van der Waals surface area contributed by atoms with Gasteiger partial charge in [-0.2, -0.15) is 0 Å². The van der Waals surface area contributed by atoms with Crippen LogP contribution in [0.1, 0.15) is 35.2 Å². The SMILES string of the molecule is CCOC(=O)C1=C(c2ccccc2)N=c2s/c(=C\c3cc(Br)cc(I)c3OCc3cccc4ccccc34)c(=O)n2[C@H]1c1ccccc1.